The van der Waals surface area contributed by atoms with Crippen molar-refractivity contribution in [3.8, 4) is 46.7 Å². The number of nitriles is 4. The predicted octanol–water partition coefficient (Wildman–Crippen LogP) is 7.41. The molecule has 1 aromatic heterocycles. The van der Waals surface area contributed by atoms with Crippen molar-refractivity contribution in [1.29, 1.82) is 31.9 Å². The van der Waals surface area contributed by atoms with Gasteiger partial charge in [-0.15, -0.1) is 0 Å². The van der Waals surface area contributed by atoms with Gasteiger partial charge >= 0.3 is 0 Å². The van der Waals surface area contributed by atoms with E-state index in [2.05, 4.69) is 0 Å². The quantitative estimate of drug-likeness (QED) is 0.224. The van der Waals surface area contributed by atoms with Crippen molar-refractivity contribution in [2.45, 2.75) is 0 Å². The molecule has 7 nitrogen and oxygen atoms in total. The first-order valence-electron chi connectivity index (χ1n) is 13.1. The van der Waals surface area contributed by atoms with Gasteiger partial charge in [0.2, 0.25) is 0 Å². The molecular formula is C35H14F3N7. The second kappa shape index (κ2) is 10.7. The number of hydrogen-bond donors (Lipinski definition) is 2. The molecule has 1 aliphatic rings. The minimum Gasteiger partial charge on any atom is -0.298 e. The fourth-order valence-electron chi connectivity index (χ4n) is 5.38. The van der Waals surface area contributed by atoms with Gasteiger partial charge in [-0.2, -0.15) is 21.0 Å². The smallest absolute Gasteiger partial charge is 0.164 e. The Hall–Kier alpha value is -6.88. The first kappa shape index (κ1) is 28.2. The zero-order valence-corrected chi connectivity index (χ0v) is 22.8. The van der Waals surface area contributed by atoms with Gasteiger partial charge in [0.15, 0.2) is 17.5 Å². The van der Waals surface area contributed by atoms with Crippen LogP contribution in [0, 0.1) is 73.6 Å². The highest BCUT2D eigenvalue weighted by Crippen LogP contribution is 2.39. The number of rotatable bonds is 3. The summed E-state index contributed by atoms with van der Waals surface area (Å²) in [5, 5.41) is 56.1. The van der Waals surface area contributed by atoms with Crippen molar-refractivity contribution in [2.24, 2.45) is 0 Å². The average Bonchev–Trinajstić information content (AvgIpc) is 3.06. The van der Waals surface area contributed by atoms with E-state index in [1.165, 1.54) is 42.5 Å². The third kappa shape index (κ3) is 4.39. The number of benzene rings is 4. The summed E-state index contributed by atoms with van der Waals surface area (Å²) in [7, 11) is 0. The molecule has 0 saturated carbocycles. The molecule has 6 rings (SSSR count). The molecule has 2 N–H and O–H groups in total. The van der Waals surface area contributed by atoms with Crippen LogP contribution in [0.3, 0.4) is 0 Å². The third-order valence-corrected chi connectivity index (χ3v) is 7.48. The van der Waals surface area contributed by atoms with Gasteiger partial charge in [0, 0.05) is 27.6 Å². The largest absolute Gasteiger partial charge is 0.298 e. The molecule has 0 amide bonds. The molecular weight excluding hydrogens is 575 g/mol. The molecule has 1 heterocycles. The molecule has 1 aliphatic carbocycles. The highest BCUT2D eigenvalue weighted by molar-refractivity contribution is 6.64. The Morgan fingerprint density at radius 3 is 1.76 bits per heavy atom. The maximum absolute atomic E-state index is 15.0. The second-order valence-corrected chi connectivity index (χ2v) is 9.96. The Labute approximate surface area is 253 Å². The highest BCUT2D eigenvalue weighted by Gasteiger charge is 2.29. The van der Waals surface area contributed by atoms with Crippen LogP contribution in [0.1, 0.15) is 38.9 Å². The van der Waals surface area contributed by atoms with Gasteiger partial charge in [0.25, 0.3) is 0 Å². The van der Waals surface area contributed by atoms with Crippen molar-refractivity contribution < 1.29 is 13.2 Å². The number of hydrogen-bond acceptors (Lipinski definition) is 7. The predicted molar refractivity (Wildman–Crippen MR) is 160 cm³/mol. The van der Waals surface area contributed by atoms with Crippen LogP contribution < -0.4 is 0 Å². The van der Waals surface area contributed by atoms with E-state index < -0.39 is 34.1 Å². The number of pyridine rings is 1. The van der Waals surface area contributed by atoms with Gasteiger partial charge in [-0.1, -0.05) is 42.5 Å². The Morgan fingerprint density at radius 2 is 1.18 bits per heavy atom. The lowest BCUT2D eigenvalue weighted by Crippen LogP contribution is -2.21. The number of halogens is 3. The van der Waals surface area contributed by atoms with Crippen LogP contribution in [0.2, 0.25) is 0 Å². The first-order valence-corrected chi connectivity index (χ1v) is 13.1. The van der Waals surface area contributed by atoms with Gasteiger partial charge in [-0.25, -0.2) is 18.2 Å². The van der Waals surface area contributed by atoms with E-state index in [-0.39, 0.29) is 33.7 Å². The number of fused-ring (bicyclic) bond motifs is 3. The van der Waals surface area contributed by atoms with Crippen molar-refractivity contribution in [2.75, 3.05) is 0 Å². The van der Waals surface area contributed by atoms with Crippen molar-refractivity contribution >= 4 is 34.0 Å². The van der Waals surface area contributed by atoms with E-state index >= 15 is 8.78 Å². The number of para-hydroxylation sites is 1. The average molecular weight is 590 g/mol. The lowest BCUT2D eigenvalue weighted by molar-refractivity contribution is 0.539. The molecule has 4 aromatic carbocycles. The van der Waals surface area contributed by atoms with Crippen molar-refractivity contribution in [1.82, 2.24) is 4.98 Å². The lowest BCUT2D eigenvalue weighted by Gasteiger charge is -2.23. The Morgan fingerprint density at radius 1 is 0.600 bits per heavy atom. The number of allylic oxidation sites excluding steroid dienone is 1. The highest BCUT2D eigenvalue weighted by atomic mass is 19.1. The Kier molecular flexibility index (Phi) is 6.75. The summed E-state index contributed by atoms with van der Waals surface area (Å²) in [5.41, 5.74) is 0.213. The molecule has 0 saturated heterocycles. The molecule has 0 spiro atoms. The summed E-state index contributed by atoms with van der Waals surface area (Å²) in [4.78, 5) is 4.81. The summed E-state index contributed by atoms with van der Waals surface area (Å²) in [6.07, 6.45) is 1.66. The zero-order valence-electron chi connectivity index (χ0n) is 22.8. The monoisotopic (exact) mass is 589 g/mol. The molecule has 0 fully saturated rings. The normalized spacial score (nSPS) is 12.0. The molecule has 10 heteroatoms. The number of nitrogens with zero attached hydrogens (tertiary/aromatic N) is 5. The molecule has 210 valence electrons. The Balaban J connectivity index is 1.57. The van der Waals surface area contributed by atoms with Crippen LogP contribution in [0.25, 0.3) is 44.9 Å². The fourth-order valence-corrected chi connectivity index (χ4v) is 5.38. The molecule has 0 radical (unpaired) electrons. The number of nitrogens with one attached hydrogen (secondary N) is 2. The molecule has 0 atom stereocenters. The topological polar surface area (TPSA) is 156 Å². The molecule has 5 aromatic rings. The van der Waals surface area contributed by atoms with Gasteiger partial charge in [-0.3, -0.25) is 10.8 Å². The van der Waals surface area contributed by atoms with Crippen LogP contribution in [-0.2, 0) is 0 Å². The zero-order chi connectivity index (χ0) is 32.0. The summed E-state index contributed by atoms with van der Waals surface area (Å²) in [6, 6.07) is 24.0. The first-order chi connectivity index (χ1) is 21.7. The summed E-state index contributed by atoms with van der Waals surface area (Å²) >= 11 is 0. The third-order valence-electron chi connectivity index (χ3n) is 7.48. The summed E-state index contributed by atoms with van der Waals surface area (Å²) < 4.78 is 44.4. The van der Waals surface area contributed by atoms with Gasteiger partial charge in [-0.05, 0) is 41.5 Å². The Bertz CT molecular complexity index is 2310. The van der Waals surface area contributed by atoms with Gasteiger partial charge in [0.1, 0.15) is 23.3 Å². The molecule has 0 unspecified atom stereocenters. The maximum atomic E-state index is 15.0. The number of aromatic nitrogens is 1. The van der Waals surface area contributed by atoms with E-state index in [0.29, 0.717) is 38.9 Å². The summed E-state index contributed by atoms with van der Waals surface area (Å²) in [5.74, 6) is -4.47. The van der Waals surface area contributed by atoms with Crippen LogP contribution in [0.15, 0.2) is 66.7 Å². The van der Waals surface area contributed by atoms with Crippen molar-refractivity contribution in [3.63, 3.8) is 0 Å². The van der Waals surface area contributed by atoms with Crippen LogP contribution in [-0.4, -0.2) is 16.4 Å². The standard InChI is InChI=1S/C35H14F3N7/c36-30-25(15-41)31(37)28(32(38)26(30)16-42)20-7-5-19(6-8-20)23-12-24-29(34(44)33(23)43)22-3-1-2-4-27(22)45-35(24)21-10-17(13-39)9-18(11-21)14-40/h1-12,43-44H. The lowest BCUT2D eigenvalue weighted by atomic mass is 9.82. The molecule has 0 bridgehead atoms. The van der Waals surface area contributed by atoms with Gasteiger partial charge < -0.3 is 0 Å². The minimum atomic E-state index is -1.58. The minimum absolute atomic E-state index is 0.0779. The van der Waals surface area contributed by atoms with Crippen LogP contribution >= 0.6 is 0 Å². The second-order valence-electron chi connectivity index (χ2n) is 9.96. The van der Waals surface area contributed by atoms with Gasteiger partial charge in [0.05, 0.1) is 51.5 Å². The van der Waals surface area contributed by atoms with E-state index in [0.717, 1.165) is 0 Å². The van der Waals surface area contributed by atoms with E-state index in [1.807, 2.05) is 12.1 Å². The van der Waals surface area contributed by atoms with E-state index in [1.54, 1.807) is 42.5 Å². The maximum Gasteiger partial charge on any atom is 0.164 e. The van der Waals surface area contributed by atoms with E-state index in [9.17, 15) is 25.4 Å². The fraction of sp³-hybridized carbons (Fsp3) is 0. The van der Waals surface area contributed by atoms with Crippen LogP contribution in [0.5, 0.6) is 0 Å². The summed E-state index contributed by atoms with van der Waals surface area (Å²) in [6.45, 7) is 0. The molecule has 0 aliphatic heterocycles. The SMILES string of the molecule is N#Cc1cc(C#N)cc(-c2nc3ccccc3c3c2C=C(c2ccc(-c4c(F)c(C#N)c(F)c(C#N)c4F)cc2)C(=N)C3=N)c1. The van der Waals surface area contributed by atoms with E-state index in [4.69, 9.17) is 15.8 Å². The van der Waals surface area contributed by atoms with Crippen LogP contribution in [0.4, 0.5) is 13.2 Å². The molecule has 45 heavy (non-hydrogen) atoms. The van der Waals surface area contributed by atoms with Crippen molar-refractivity contribution in [3.05, 3.63) is 123 Å².